The molecule has 1 aromatic carbocycles. The van der Waals surface area contributed by atoms with E-state index >= 15 is 0 Å². The van der Waals surface area contributed by atoms with E-state index in [0.717, 1.165) is 28.3 Å². The average Bonchev–Trinajstić information content (AvgIpc) is 2.57. The zero-order valence-corrected chi connectivity index (χ0v) is 15.2. The fourth-order valence-electron chi connectivity index (χ4n) is 2.81. The van der Waals surface area contributed by atoms with Crippen molar-refractivity contribution in [2.45, 2.75) is 40.1 Å². The number of fused-ring (bicyclic) bond motifs is 1. The smallest absolute Gasteiger partial charge is 0.205 e. The van der Waals surface area contributed by atoms with Gasteiger partial charge in [0.05, 0.1) is 25.1 Å². The van der Waals surface area contributed by atoms with Gasteiger partial charge in [0, 0.05) is 31.0 Å². The number of aryl methyl sites for hydroxylation is 1. The molecule has 5 nitrogen and oxygen atoms in total. The van der Waals surface area contributed by atoms with Gasteiger partial charge in [-0.1, -0.05) is 0 Å². The molecule has 0 fully saturated rings. The van der Waals surface area contributed by atoms with Gasteiger partial charge in [-0.2, -0.15) is 0 Å². The molecule has 0 atom stereocenters. The molecular weight excluding hydrogens is 318 g/mol. The quantitative estimate of drug-likeness (QED) is 0.905. The molecule has 2 heterocycles. The summed E-state index contributed by atoms with van der Waals surface area (Å²) >= 11 is 0. The zero-order valence-electron chi connectivity index (χ0n) is 15.2. The predicted molar refractivity (Wildman–Crippen MR) is 96.8 cm³/mol. The molecule has 3 rings (SSSR count). The zero-order chi connectivity index (χ0) is 18.2. The Morgan fingerprint density at radius 2 is 2.00 bits per heavy atom. The fraction of sp³-hybridized carbons (Fsp3) is 0.350. The van der Waals surface area contributed by atoms with Gasteiger partial charge in [0.25, 0.3) is 0 Å². The van der Waals surface area contributed by atoms with E-state index in [4.69, 9.17) is 14.2 Å². The summed E-state index contributed by atoms with van der Waals surface area (Å²) in [7, 11) is 1.57. The highest BCUT2D eigenvalue weighted by Gasteiger charge is 2.30. The van der Waals surface area contributed by atoms with Crippen molar-refractivity contribution in [1.82, 2.24) is 4.98 Å². The van der Waals surface area contributed by atoms with Crippen LogP contribution in [0.25, 0.3) is 12.2 Å². The average molecular weight is 341 g/mol. The van der Waals surface area contributed by atoms with Crippen LogP contribution < -0.4 is 9.47 Å². The van der Waals surface area contributed by atoms with Gasteiger partial charge in [0.2, 0.25) is 5.79 Å². The monoisotopic (exact) mass is 341 g/mol. The first-order chi connectivity index (χ1) is 11.8. The number of rotatable bonds is 3. The van der Waals surface area contributed by atoms with Gasteiger partial charge in [0.15, 0.2) is 0 Å². The summed E-state index contributed by atoms with van der Waals surface area (Å²) in [6, 6.07) is 5.20. The Bertz CT molecular complexity index is 840. The summed E-state index contributed by atoms with van der Waals surface area (Å²) in [5, 5.41) is 10.1. The predicted octanol–water partition coefficient (Wildman–Crippen LogP) is 4.23. The van der Waals surface area contributed by atoms with Crippen LogP contribution in [0.3, 0.4) is 0 Å². The Morgan fingerprint density at radius 3 is 2.68 bits per heavy atom. The maximum Gasteiger partial charge on any atom is 0.205 e. The van der Waals surface area contributed by atoms with E-state index < -0.39 is 5.79 Å². The number of hydrogen-bond donors (Lipinski definition) is 1. The minimum Gasteiger partial charge on any atom is -0.507 e. The number of hydrogen-bond acceptors (Lipinski definition) is 5. The van der Waals surface area contributed by atoms with Crippen LogP contribution in [0.5, 0.6) is 17.2 Å². The summed E-state index contributed by atoms with van der Waals surface area (Å²) < 4.78 is 16.8. The van der Waals surface area contributed by atoms with E-state index in [1.807, 2.05) is 45.9 Å². The van der Waals surface area contributed by atoms with Crippen LogP contribution in [-0.2, 0) is 11.3 Å². The lowest BCUT2D eigenvalue weighted by Gasteiger charge is -2.34. The van der Waals surface area contributed by atoms with Crippen LogP contribution in [0.4, 0.5) is 0 Å². The first-order valence-electron chi connectivity index (χ1n) is 8.19. The normalized spacial score (nSPS) is 15.7. The lowest BCUT2D eigenvalue weighted by molar-refractivity contribution is -0.180. The van der Waals surface area contributed by atoms with Crippen molar-refractivity contribution in [3.8, 4) is 17.2 Å². The fourth-order valence-corrected chi connectivity index (χ4v) is 2.81. The van der Waals surface area contributed by atoms with Gasteiger partial charge in [-0.05, 0) is 43.7 Å². The number of phenols is 1. The molecule has 0 spiro atoms. The number of methoxy groups -OCH3 is 1. The number of aromatic hydroxyl groups is 1. The third kappa shape index (κ3) is 3.46. The van der Waals surface area contributed by atoms with Gasteiger partial charge in [0.1, 0.15) is 17.2 Å². The Morgan fingerprint density at radius 1 is 1.24 bits per heavy atom. The van der Waals surface area contributed by atoms with Crippen LogP contribution in [0, 0.1) is 13.8 Å². The first-order valence-corrected chi connectivity index (χ1v) is 8.19. The van der Waals surface area contributed by atoms with Gasteiger partial charge in [-0.15, -0.1) is 0 Å². The van der Waals surface area contributed by atoms with Gasteiger partial charge >= 0.3 is 0 Å². The molecule has 25 heavy (non-hydrogen) atoms. The summed E-state index contributed by atoms with van der Waals surface area (Å²) in [6.45, 7) is 8.22. The highest BCUT2D eigenvalue weighted by molar-refractivity contribution is 5.73. The van der Waals surface area contributed by atoms with Crippen LogP contribution >= 0.6 is 0 Å². The molecule has 0 bridgehead atoms. The molecule has 1 aromatic heterocycles. The molecule has 2 aromatic rings. The second-order valence-corrected chi connectivity index (χ2v) is 6.56. The van der Waals surface area contributed by atoms with Crippen molar-refractivity contribution in [3.05, 3.63) is 46.3 Å². The molecule has 0 unspecified atom stereocenters. The third-order valence-corrected chi connectivity index (χ3v) is 4.30. The van der Waals surface area contributed by atoms with Crippen molar-refractivity contribution >= 4 is 12.2 Å². The number of ether oxygens (including phenoxy) is 3. The molecule has 1 N–H and O–H groups in total. The van der Waals surface area contributed by atoms with E-state index in [2.05, 4.69) is 4.98 Å². The Hall–Kier alpha value is -2.53. The summed E-state index contributed by atoms with van der Waals surface area (Å²) in [5.74, 6) is 0.943. The van der Waals surface area contributed by atoms with Crippen LogP contribution in [-0.4, -0.2) is 23.0 Å². The molecule has 132 valence electrons. The molecule has 1 aliphatic heterocycles. The number of nitrogens with zero attached hydrogens (tertiary/aromatic N) is 1. The maximum absolute atomic E-state index is 10.1. The number of aromatic nitrogens is 1. The SMILES string of the molecule is COc1ccc(/C=C/c2nc(C)c3c(c2C)COC(C)(C)O3)c(O)c1. The largest absolute Gasteiger partial charge is 0.507 e. The van der Waals surface area contributed by atoms with E-state index in [1.54, 1.807) is 19.2 Å². The summed E-state index contributed by atoms with van der Waals surface area (Å²) in [6.07, 6.45) is 3.73. The minimum absolute atomic E-state index is 0.163. The van der Waals surface area contributed by atoms with Crippen LogP contribution in [0.15, 0.2) is 18.2 Å². The standard InChI is InChI=1S/C20H23NO4/c1-12-16-11-24-20(3,4)25-19(16)13(2)21-17(12)9-7-14-6-8-15(23-5)10-18(14)22/h6-10,22H,11H2,1-5H3/b9-7+. The maximum atomic E-state index is 10.1. The van der Waals surface area contributed by atoms with Crippen molar-refractivity contribution in [2.75, 3.05) is 7.11 Å². The van der Waals surface area contributed by atoms with Crippen LogP contribution in [0.1, 0.15) is 41.9 Å². The molecule has 0 saturated carbocycles. The van der Waals surface area contributed by atoms with Crippen molar-refractivity contribution in [2.24, 2.45) is 0 Å². The number of pyridine rings is 1. The molecule has 1 aliphatic rings. The summed E-state index contributed by atoms with van der Waals surface area (Å²) in [4.78, 5) is 4.66. The second-order valence-electron chi connectivity index (χ2n) is 6.56. The number of phenolic OH excluding ortho intramolecular Hbond substituents is 1. The van der Waals surface area contributed by atoms with Crippen molar-refractivity contribution in [1.29, 1.82) is 0 Å². The van der Waals surface area contributed by atoms with E-state index in [9.17, 15) is 5.11 Å². The van der Waals surface area contributed by atoms with Gasteiger partial charge in [-0.25, -0.2) is 4.98 Å². The van der Waals surface area contributed by atoms with Gasteiger partial charge < -0.3 is 19.3 Å². The highest BCUT2D eigenvalue weighted by Crippen LogP contribution is 2.36. The molecule has 0 radical (unpaired) electrons. The first kappa shape index (κ1) is 17.3. The van der Waals surface area contributed by atoms with Gasteiger partial charge in [-0.3, -0.25) is 0 Å². The topological polar surface area (TPSA) is 60.8 Å². The highest BCUT2D eigenvalue weighted by atomic mass is 16.7. The van der Waals surface area contributed by atoms with E-state index in [1.165, 1.54) is 0 Å². The van der Waals surface area contributed by atoms with Crippen molar-refractivity contribution < 1.29 is 19.3 Å². The van der Waals surface area contributed by atoms with Crippen molar-refractivity contribution in [3.63, 3.8) is 0 Å². The minimum atomic E-state index is -0.641. The molecule has 5 heteroatoms. The Kier molecular flexibility index (Phi) is 4.43. The molecule has 0 amide bonds. The Balaban J connectivity index is 1.95. The number of benzene rings is 1. The van der Waals surface area contributed by atoms with Crippen LogP contribution in [0.2, 0.25) is 0 Å². The summed E-state index contributed by atoms with van der Waals surface area (Å²) in [5.41, 5.74) is 4.39. The lowest BCUT2D eigenvalue weighted by Crippen LogP contribution is -2.36. The van der Waals surface area contributed by atoms with E-state index in [-0.39, 0.29) is 5.75 Å². The van der Waals surface area contributed by atoms with E-state index in [0.29, 0.717) is 17.9 Å². The Labute approximate surface area is 147 Å². The molecular formula is C20H23NO4. The molecule has 0 saturated heterocycles. The second kappa shape index (κ2) is 6.41. The lowest BCUT2D eigenvalue weighted by atomic mass is 10.0. The third-order valence-electron chi connectivity index (χ3n) is 4.30. The molecule has 0 aliphatic carbocycles.